The summed E-state index contributed by atoms with van der Waals surface area (Å²) in [4.78, 5) is 11.6. The van der Waals surface area contributed by atoms with E-state index in [0.717, 1.165) is 12.8 Å². The fourth-order valence-electron chi connectivity index (χ4n) is 1.70. The molecule has 3 heteroatoms. The minimum Gasteiger partial charge on any atom is -0.394 e. The highest BCUT2D eigenvalue weighted by Crippen LogP contribution is 2.06. The monoisotopic (exact) mass is 235 g/mol. The Kier molecular flexibility index (Phi) is 5.70. The van der Waals surface area contributed by atoms with E-state index in [1.807, 2.05) is 32.0 Å². The van der Waals surface area contributed by atoms with Crippen LogP contribution in [0.4, 0.5) is 0 Å². The molecule has 1 aromatic carbocycles. The van der Waals surface area contributed by atoms with E-state index in [0.29, 0.717) is 6.42 Å². The summed E-state index contributed by atoms with van der Waals surface area (Å²) >= 11 is 0. The minimum atomic E-state index is -0.111. The molecular weight excluding hydrogens is 214 g/mol. The van der Waals surface area contributed by atoms with Gasteiger partial charge in [0.1, 0.15) is 0 Å². The molecule has 0 spiro atoms. The maximum Gasteiger partial charge on any atom is 0.220 e. The fraction of sp³-hybridized carbons (Fsp3) is 0.500. The summed E-state index contributed by atoms with van der Waals surface area (Å²) in [6.07, 6.45) is 1.97. The van der Waals surface area contributed by atoms with E-state index in [1.165, 1.54) is 11.1 Å². The predicted molar refractivity (Wildman–Crippen MR) is 68.8 cm³/mol. The van der Waals surface area contributed by atoms with Crippen molar-refractivity contribution >= 4 is 5.91 Å². The second-order valence-electron chi connectivity index (χ2n) is 4.34. The summed E-state index contributed by atoms with van der Waals surface area (Å²) in [5.74, 6) is 0.00686. The van der Waals surface area contributed by atoms with Gasteiger partial charge in [0.25, 0.3) is 0 Å². The molecular formula is C14H21NO2. The van der Waals surface area contributed by atoms with Crippen LogP contribution in [0.5, 0.6) is 0 Å². The largest absolute Gasteiger partial charge is 0.394 e. The molecule has 0 aliphatic rings. The van der Waals surface area contributed by atoms with Crippen LogP contribution in [0.3, 0.4) is 0 Å². The third-order valence-corrected chi connectivity index (χ3v) is 2.80. The number of benzene rings is 1. The number of rotatable bonds is 6. The molecule has 1 amide bonds. The van der Waals surface area contributed by atoms with Crippen molar-refractivity contribution < 1.29 is 9.90 Å². The molecule has 0 aliphatic heterocycles. The van der Waals surface area contributed by atoms with Crippen LogP contribution < -0.4 is 5.32 Å². The van der Waals surface area contributed by atoms with Gasteiger partial charge in [-0.1, -0.05) is 36.8 Å². The van der Waals surface area contributed by atoms with Crippen molar-refractivity contribution in [3.63, 3.8) is 0 Å². The van der Waals surface area contributed by atoms with Gasteiger partial charge < -0.3 is 10.4 Å². The van der Waals surface area contributed by atoms with Gasteiger partial charge in [0.05, 0.1) is 12.6 Å². The molecule has 2 N–H and O–H groups in total. The lowest BCUT2D eigenvalue weighted by molar-refractivity contribution is -0.122. The predicted octanol–water partition coefficient (Wildman–Crippen LogP) is 1.81. The van der Waals surface area contributed by atoms with Crippen LogP contribution in [0, 0.1) is 6.92 Å². The van der Waals surface area contributed by atoms with Gasteiger partial charge in [0.15, 0.2) is 0 Å². The van der Waals surface area contributed by atoms with E-state index in [4.69, 9.17) is 5.11 Å². The smallest absolute Gasteiger partial charge is 0.220 e. The second-order valence-corrected chi connectivity index (χ2v) is 4.34. The van der Waals surface area contributed by atoms with Crippen LogP contribution in [0.1, 0.15) is 30.9 Å². The standard InChI is InChI=1S/C14H21NO2/c1-3-13(10-16)15-14(17)8-7-12-6-4-5-11(2)9-12/h4-6,9,13,16H,3,7-8,10H2,1-2H3,(H,15,17)/t13-/m1/s1. The summed E-state index contributed by atoms with van der Waals surface area (Å²) < 4.78 is 0. The van der Waals surface area contributed by atoms with Crippen LogP contribution in [-0.2, 0) is 11.2 Å². The van der Waals surface area contributed by atoms with Gasteiger partial charge in [-0.3, -0.25) is 4.79 Å². The Hall–Kier alpha value is -1.35. The number of carbonyl (C=O) groups excluding carboxylic acids is 1. The molecule has 0 aliphatic carbocycles. The van der Waals surface area contributed by atoms with Crippen molar-refractivity contribution in [2.45, 2.75) is 39.2 Å². The summed E-state index contributed by atoms with van der Waals surface area (Å²) in [6, 6.07) is 8.06. The zero-order valence-electron chi connectivity index (χ0n) is 10.6. The van der Waals surface area contributed by atoms with Crippen molar-refractivity contribution in [3.05, 3.63) is 35.4 Å². The first-order valence-corrected chi connectivity index (χ1v) is 6.11. The van der Waals surface area contributed by atoms with Gasteiger partial charge in [0, 0.05) is 6.42 Å². The van der Waals surface area contributed by atoms with Crippen molar-refractivity contribution in [2.75, 3.05) is 6.61 Å². The first-order chi connectivity index (χ1) is 8.15. The summed E-state index contributed by atoms with van der Waals surface area (Å²) in [5, 5.41) is 11.8. The average molecular weight is 235 g/mol. The molecule has 0 bridgehead atoms. The van der Waals surface area contributed by atoms with E-state index < -0.39 is 0 Å². The number of aliphatic hydroxyl groups excluding tert-OH is 1. The molecule has 0 saturated carbocycles. The van der Waals surface area contributed by atoms with Gasteiger partial charge in [-0.25, -0.2) is 0 Å². The van der Waals surface area contributed by atoms with Gasteiger partial charge in [-0.2, -0.15) is 0 Å². The second kappa shape index (κ2) is 7.07. The molecule has 1 aromatic rings. The quantitative estimate of drug-likeness (QED) is 0.790. The lowest BCUT2D eigenvalue weighted by Gasteiger charge is -2.13. The number of aliphatic hydroxyl groups is 1. The molecule has 17 heavy (non-hydrogen) atoms. The lowest BCUT2D eigenvalue weighted by Crippen LogP contribution is -2.37. The fourth-order valence-corrected chi connectivity index (χ4v) is 1.70. The van der Waals surface area contributed by atoms with Crippen molar-refractivity contribution in [1.82, 2.24) is 5.32 Å². The highest BCUT2D eigenvalue weighted by molar-refractivity contribution is 5.76. The van der Waals surface area contributed by atoms with Gasteiger partial charge >= 0.3 is 0 Å². The van der Waals surface area contributed by atoms with E-state index in [1.54, 1.807) is 0 Å². The van der Waals surface area contributed by atoms with E-state index in [-0.39, 0.29) is 18.6 Å². The van der Waals surface area contributed by atoms with Crippen molar-refractivity contribution in [3.8, 4) is 0 Å². The number of hydrogen-bond donors (Lipinski definition) is 2. The summed E-state index contributed by atoms with van der Waals surface area (Å²) in [5.41, 5.74) is 2.39. The van der Waals surface area contributed by atoms with Crippen LogP contribution in [0.15, 0.2) is 24.3 Å². The van der Waals surface area contributed by atoms with Crippen LogP contribution in [0.25, 0.3) is 0 Å². The molecule has 0 saturated heterocycles. The molecule has 1 atom stereocenters. The lowest BCUT2D eigenvalue weighted by atomic mass is 10.1. The molecule has 94 valence electrons. The first-order valence-electron chi connectivity index (χ1n) is 6.11. The highest BCUT2D eigenvalue weighted by Gasteiger charge is 2.08. The van der Waals surface area contributed by atoms with Crippen LogP contribution >= 0.6 is 0 Å². The number of nitrogens with one attached hydrogen (secondary N) is 1. The zero-order valence-corrected chi connectivity index (χ0v) is 10.6. The Morgan fingerprint density at radius 3 is 2.82 bits per heavy atom. The topological polar surface area (TPSA) is 49.3 Å². The Balaban J connectivity index is 2.38. The minimum absolute atomic E-state index is 0.00663. The molecule has 0 radical (unpaired) electrons. The molecule has 3 nitrogen and oxygen atoms in total. The number of amides is 1. The summed E-state index contributed by atoms with van der Waals surface area (Å²) in [7, 11) is 0. The molecule has 1 rings (SSSR count). The number of hydrogen-bond acceptors (Lipinski definition) is 2. The summed E-state index contributed by atoms with van der Waals surface area (Å²) in [6.45, 7) is 4.00. The average Bonchev–Trinajstić information content (AvgIpc) is 2.33. The Labute approximate surface area is 103 Å². The number of aryl methyl sites for hydroxylation is 2. The van der Waals surface area contributed by atoms with Gasteiger partial charge in [-0.15, -0.1) is 0 Å². The Morgan fingerprint density at radius 1 is 1.47 bits per heavy atom. The normalized spacial score (nSPS) is 12.2. The van der Waals surface area contributed by atoms with Crippen molar-refractivity contribution in [1.29, 1.82) is 0 Å². The van der Waals surface area contributed by atoms with Crippen LogP contribution in [0.2, 0.25) is 0 Å². The maximum absolute atomic E-state index is 11.6. The van der Waals surface area contributed by atoms with Gasteiger partial charge in [-0.05, 0) is 25.3 Å². The number of carbonyl (C=O) groups is 1. The van der Waals surface area contributed by atoms with Crippen molar-refractivity contribution in [2.24, 2.45) is 0 Å². The van der Waals surface area contributed by atoms with E-state index >= 15 is 0 Å². The van der Waals surface area contributed by atoms with E-state index in [9.17, 15) is 4.79 Å². The zero-order chi connectivity index (χ0) is 12.7. The molecule has 0 fully saturated rings. The highest BCUT2D eigenvalue weighted by atomic mass is 16.3. The molecule has 0 heterocycles. The third-order valence-electron chi connectivity index (χ3n) is 2.80. The molecule has 0 aromatic heterocycles. The SMILES string of the molecule is CC[C@H](CO)NC(=O)CCc1cccc(C)c1. The van der Waals surface area contributed by atoms with E-state index in [2.05, 4.69) is 11.4 Å². The van der Waals surface area contributed by atoms with Crippen LogP contribution in [-0.4, -0.2) is 23.7 Å². The third kappa shape index (κ3) is 5.00. The first kappa shape index (κ1) is 13.7. The maximum atomic E-state index is 11.6. The Morgan fingerprint density at radius 2 is 2.24 bits per heavy atom. The Bertz CT molecular complexity index is 359. The molecule has 0 unspecified atom stereocenters. The van der Waals surface area contributed by atoms with Gasteiger partial charge in [0.2, 0.25) is 5.91 Å².